The Labute approximate surface area is 117 Å². The Morgan fingerprint density at radius 2 is 2.29 bits per heavy atom. The van der Waals surface area contributed by atoms with Crippen molar-refractivity contribution in [2.24, 2.45) is 5.73 Å². The van der Waals surface area contributed by atoms with Crippen LogP contribution in [0.3, 0.4) is 0 Å². The molecule has 1 heterocycles. The molecule has 17 heavy (non-hydrogen) atoms. The molecule has 0 saturated carbocycles. The number of hydrogen-bond donors (Lipinski definition) is 1. The number of rotatable bonds is 3. The van der Waals surface area contributed by atoms with E-state index in [0.717, 1.165) is 36.3 Å². The molecule has 2 N–H and O–H groups in total. The van der Waals surface area contributed by atoms with E-state index in [-0.39, 0.29) is 12.4 Å². The first-order valence-corrected chi connectivity index (χ1v) is 6.28. The molecule has 1 fully saturated rings. The fourth-order valence-corrected chi connectivity index (χ4v) is 2.42. The molecule has 0 aliphatic carbocycles. The van der Waals surface area contributed by atoms with Crippen LogP contribution in [0, 0.1) is 0 Å². The molecule has 5 heteroatoms. The Morgan fingerprint density at radius 1 is 1.53 bits per heavy atom. The third kappa shape index (κ3) is 3.85. The van der Waals surface area contributed by atoms with Crippen LogP contribution in [0.1, 0.15) is 12.0 Å². The van der Waals surface area contributed by atoms with Gasteiger partial charge in [-0.3, -0.25) is 4.90 Å². The molecule has 96 valence electrons. The van der Waals surface area contributed by atoms with E-state index in [1.807, 2.05) is 12.1 Å². The van der Waals surface area contributed by atoms with Crippen LogP contribution in [0.5, 0.6) is 5.75 Å². The van der Waals surface area contributed by atoms with Crippen LogP contribution in [0.25, 0.3) is 0 Å². The van der Waals surface area contributed by atoms with Crippen molar-refractivity contribution in [3.8, 4) is 5.75 Å². The number of hydrogen-bond acceptors (Lipinski definition) is 3. The first-order chi connectivity index (χ1) is 7.69. The molecule has 2 rings (SSSR count). The molecule has 0 amide bonds. The minimum Gasteiger partial charge on any atom is -0.497 e. The lowest BCUT2D eigenvalue weighted by Gasteiger charge is -2.16. The predicted octanol–water partition coefficient (Wildman–Crippen LogP) is 2.41. The number of nitrogens with zero attached hydrogens (tertiary/aromatic N) is 1. The molecule has 3 nitrogen and oxygen atoms in total. The molecule has 1 aromatic carbocycles. The lowest BCUT2D eigenvalue weighted by molar-refractivity contribution is 0.325. The van der Waals surface area contributed by atoms with Gasteiger partial charge in [0, 0.05) is 30.1 Å². The molecule has 0 radical (unpaired) electrons. The maximum absolute atomic E-state index is 5.89. The molecule has 1 aromatic rings. The molecule has 1 saturated heterocycles. The van der Waals surface area contributed by atoms with Crippen LogP contribution in [0.2, 0.25) is 0 Å². The van der Waals surface area contributed by atoms with Gasteiger partial charge >= 0.3 is 0 Å². The van der Waals surface area contributed by atoms with E-state index in [9.17, 15) is 0 Å². The molecular formula is C12H18BrClN2O. The molecular weight excluding hydrogens is 304 g/mol. The molecule has 0 aromatic heterocycles. The number of nitrogens with two attached hydrogens (primary N) is 1. The normalized spacial score (nSPS) is 20.1. The smallest absolute Gasteiger partial charge is 0.119 e. The highest BCUT2D eigenvalue weighted by Crippen LogP contribution is 2.24. The zero-order valence-electron chi connectivity index (χ0n) is 9.86. The van der Waals surface area contributed by atoms with Gasteiger partial charge in [-0.2, -0.15) is 0 Å². The summed E-state index contributed by atoms with van der Waals surface area (Å²) in [6, 6.07) is 6.41. The van der Waals surface area contributed by atoms with Gasteiger partial charge in [0.25, 0.3) is 0 Å². The molecule has 1 aliphatic rings. The van der Waals surface area contributed by atoms with E-state index in [4.69, 9.17) is 10.5 Å². The van der Waals surface area contributed by atoms with Crippen molar-refractivity contribution < 1.29 is 4.74 Å². The Bertz CT molecular complexity index is 376. The number of ether oxygens (including phenoxy) is 1. The van der Waals surface area contributed by atoms with Crippen molar-refractivity contribution in [1.29, 1.82) is 0 Å². The van der Waals surface area contributed by atoms with Gasteiger partial charge in [-0.1, -0.05) is 15.9 Å². The van der Waals surface area contributed by atoms with Gasteiger partial charge in [0.1, 0.15) is 5.75 Å². The minimum absolute atomic E-state index is 0. The zero-order valence-corrected chi connectivity index (χ0v) is 12.3. The summed E-state index contributed by atoms with van der Waals surface area (Å²) in [5, 5.41) is 0. The second kappa shape index (κ2) is 6.59. The maximum atomic E-state index is 5.89. The molecule has 0 unspecified atom stereocenters. The number of halogens is 2. The van der Waals surface area contributed by atoms with E-state index < -0.39 is 0 Å². The zero-order chi connectivity index (χ0) is 11.5. The number of likely N-dealkylation sites (tertiary alicyclic amines) is 1. The average molecular weight is 322 g/mol. The maximum Gasteiger partial charge on any atom is 0.119 e. The minimum atomic E-state index is 0. The van der Waals surface area contributed by atoms with Gasteiger partial charge in [0.05, 0.1) is 7.11 Å². The second-order valence-corrected chi connectivity index (χ2v) is 5.10. The van der Waals surface area contributed by atoms with E-state index in [0.29, 0.717) is 6.04 Å². The van der Waals surface area contributed by atoms with Crippen molar-refractivity contribution in [3.63, 3.8) is 0 Å². The number of benzene rings is 1. The standard InChI is InChI=1S/C12H17BrN2O.ClH/c1-16-11-2-3-12(13)9(6-11)7-15-5-4-10(14)8-15;/h2-3,6,10H,4-5,7-8,14H2,1H3;1H/t10-;/m0./s1. The molecule has 1 atom stereocenters. The van der Waals surface area contributed by atoms with E-state index in [1.165, 1.54) is 5.56 Å². The largest absolute Gasteiger partial charge is 0.497 e. The third-order valence-corrected chi connectivity index (χ3v) is 3.73. The quantitative estimate of drug-likeness (QED) is 0.929. The van der Waals surface area contributed by atoms with Gasteiger partial charge in [-0.05, 0) is 30.2 Å². The van der Waals surface area contributed by atoms with Crippen LogP contribution in [-0.4, -0.2) is 31.1 Å². The van der Waals surface area contributed by atoms with E-state index in [1.54, 1.807) is 7.11 Å². The summed E-state index contributed by atoms with van der Waals surface area (Å²) in [5.41, 5.74) is 7.15. The number of methoxy groups -OCH3 is 1. The summed E-state index contributed by atoms with van der Waals surface area (Å²) in [6.07, 6.45) is 1.10. The SMILES string of the molecule is COc1ccc(Br)c(CN2CC[C@H](N)C2)c1.Cl. The first kappa shape index (κ1) is 14.8. The van der Waals surface area contributed by atoms with Gasteiger partial charge in [0.15, 0.2) is 0 Å². The Morgan fingerprint density at radius 3 is 2.88 bits per heavy atom. The second-order valence-electron chi connectivity index (χ2n) is 4.24. The fraction of sp³-hybridized carbons (Fsp3) is 0.500. The van der Waals surface area contributed by atoms with E-state index >= 15 is 0 Å². The Balaban J connectivity index is 0.00000144. The predicted molar refractivity (Wildman–Crippen MR) is 75.8 cm³/mol. The van der Waals surface area contributed by atoms with E-state index in [2.05, 4.69) is 26.9 Å². The Kier molecular flexibility index (Phi) is 5.73. The molecule has 1 aliphatic heterocycles. The molecule has 0 bridgehead atoms. The average Bonchev–Trinajstić information content (AvgIpc) is 2.67. The highest BCUT2D eigenvalue weighted by atomic mass is 79.9. The lowest BCUT2D eigenvalue weighted by atomic mass is 10.2. The summed E-state index contributed by atoms with van der Waals surface area (Å²) in [7, 11) is 1.69. The summed E-state index contributed by atoms with van der Waals surface area (Å²) in [5.74, 6) is 0.904. The van der Waals surface area contributed by atoms with Crippen LogP contribution < -0.4 is 10.5 Å². The Hall–Kier alpha value is -0.290. The van der Waals surface area contributed by atoms with Gasteiger partial charge in [0.2, 0.25) is 0 Å². The summed E-state index contributed by atoms with van der Waals surface area (Å²) in [6.45, 7) is 3.01. The molecule has 0 spiro atoms. The van der Waals surface area contributed by atoms with Crippen LogP contribution in [0.4, 0.5) is 0 Å². The fourth-order valence-electron chi connectivity index (χ4n) is 2.05. The summed E-state index contributed by atoms with van der Waals surface area (Å²) in [4.78, 5) is 2.38. The van der Waals surface area contributed by atoms with Crippen molar-refractivity contribution in [2.45, 2.75) is 19.0 Å². The third-order valence-electron chi connectivity index (χ3n) is 2.96. The van der Waals surface area contributed by atoms with Crippen molar-refractivity contribution in [1.82, 2.24) is 4.90 Å². The van der Waals surface area contributed by atoms with Crippen molar-refractivity contribution in [2.75, 3.05) is 20.2 Å². The van der Waals surface area contributed by atoms with Gasteiger partial charge < -0.3 is 10.5 Å². The highest BCUT2D eigenvalue weighted by molar-refractivity contribution is 9.10. The van der Waals surface area contributed by atoms with Gasteiger partial charge in [-0.25, -0.2) is 0 Å². The van der Waals surface area contributed by atoms with Gasteiger partial charge in [-0.15, -0.1) is 12.4 Å². The van der Waals surface area contributed by atoms with Crippen molar-refractivity contribution >= 4 is 28.3 Å². The topological polar surface area (TPSA) is 38.5 Å². The summed E-state index contributed by atoms with van der Waals surface area (Å²) < 4.78 is 6.36. The monoisotopic (exact) mass is 320 g/mol. The van der Waals surface area contributed by atoms with Crippen LogP contribution in [0.15, 0.2) is 22.7 Å². The first-order valence-electron chi connectivity index (χ1n) is 5.49. The highest BCUT2D eigenvalue weighted by Gasteiger charge is 2.19. The van der Waals surface area contributed by atoms with Crippen molar-refractivity contribution in [3.05, 3.63) is 28.2 Å². The summed E-state index contributed by atoms with van der Waals surface area (Å²) >= 11 is 3.57. The van der Waals surface area contributed by atoms with Crippen LogP contribution in [-0.2, 0) is 6.54 Å². The van der Waals surface area contributed by atoms with Crippen LogP contribution >= 0.6 is 28.3 Å². The lowest BCUT2D eigenvalue weighted by Crippen LogP contribution is -2.26.